The highest BCUT2D eigenvalue weighted by Crippen LogP contribution is 2.28. The fourth-order valence-corrected chi connectivity index (χ4v) is 2.88. The Bertz CT molecular complexity index is 410. The molecule has 1 aromatic rings. The number of Topliss-reactive ketones (excluding diaryl/α,β-unsaturated/α-hetero) is 1. The summed E-state index contributed by atoms with van der Waals surface area (Å²) < 4.78 is 0.993. The molecule has 0 unspecified atom stereocenters. The third-order valence-electron chi connectivity index (χ3n) is 3.61. The number of carbonyl (C=O) groups excluding carboxylic acids is 1. The summed E-state index contributed by atoms with van der Waals surface area (Å²) in [5.41, 5.74) is 6.69. The van der Waals surface area contributed by atoms with Gasteiger partial charge in [0.2, 0.25) is 0 Å². The molecule has 0 atom stereocenters. The first-order chi connectivity index (χ1) is 8.12. The van der Waals surface area contributed by atoms with Gasteiger partial charge in [-0.2, -0.15) is 0 Å². The van der Waals surface area contributed by atoms with Crippen molar-refractivity contribution in [3.8, 4) is 0 Å². The average Bonchev–Trinajstić information content (AvgIpc) is 2.33. The van der Waals surface area contributed by atoms with Gasteiger partial charge in [0.15, 0.2) is 5.78 Å². The zero-order valence-corrected chi connectivity index (χ0v) is 11.5. The first-order valence-electron chi connectivity index (χ1n) is 6.17. The molecule has 3 heteroatoms. The minimum atomic E-state index is -0.576. The van der Waals surface area contributed by atoms with Gasteiger partial charge in [0, 0.05) is 10.9 Å². The molecule has 0 aromatic heterocycles. The lowest BCUT2D eigenvalue weighted by Gasteiger charge is -2.32. The number of hydrogen-bond acceptors (Lipinski definition) is 2. The molecule has 1 aliphatic rings. The lowest BCUT2D eigenvalue weighted by atomic mass is 9.78. The molecule has 1 aliphatic carbocycles. The van der Waals surface area contributed by atoms with E-state index in [0.717, 1.165) is 35.7 Å². The number of hydrogen-bond donors (Lipinski definition) is 1. The molecule has 0 radical (unpaired) electrons. The summed E-state index contributed by atoms with van der Waals surface area (Å²) in [7, 11) is 0. The number of rotatable bonds is 3. The zero-order valence-electron chi connectivity index (χ0n) is 9.92. The molecule has 0 spiro atoms. The van der Waals surface area contributed by atoms with Gasteiger partial charge in [0.25, 0.3) is 0 Å². The van der Waals surface area contributed by atoms with Crippen molar-refractivity contribution in [2.45, 2.75) is 44.1 Å². The van der Waals surface area contributed by atoms with Crippen LogP contribution in [-0.2, 0) is 11.2 Å². The van der Waals surface area contributed by atoms with Gasteiger partial charge in [-0.15, -0.1) is 0 Å². The van der Waals surface area contributed by atoms with Crippen LogP contribution in [0.2, 0.25) is 0 Å². The number of halogens is 1. The van der Waals surface area contributed by atoms with E-state index in [2.05, 4.69) is 15.9 Å². The molecule has 0 saturated heterocycles. The van der Waals surface area contributed by atoms with Crippen molar-refractivity contribution in [3.63, 3.8) is 0 Å². The van der Waals surface area contributed by atoms with Crippen LogP contribution in [-0.4, -0.2) is 11.3 Å². The van der Waals surface area contributed by atoms with Gasteiger partial charge < -0.3 is 5.73 Å². The van der Waals surface area contributed by atoms with Crippen LogP contribution in [0, 0.1) is 0 Å². The second-order valence-corrected chi connectivity index (χ2v) is 5.76. The highest BCUT2D eigenvalue weighted by atomic mass is 79.9. The summed E-state index contributed by atoms with van der Waals surface area (Å²) in [6.45, 7) is 0. The molecule has 1 aromatic carbocycles. The Hall–Kier alpha value is -0.670. The van der Waals surface area contributed by atoms with Crippen LogP contribution in [0.3, 0.4) is 0 Å². The number of ketones is 1. The largest absolute Gasteiger partial charge is 0.319 e. The molecular formula is C14H18BrNO. The van der Waals surface area contributed by atoms with Crippen LogP contribution < -0.4 is 5.73 Å². The lowest BCUT2D eigenvalue weighted by molar-refractivity contribution is -0.124. The van der Waals surface area contributed by atoms with Gasteiger partial charge in [-0.05, 0) is 24.5 Å². The third-order valence-corrected chi connectivity index (χ3v) is 4.38. The SMILES string of the molecule is NC1(C(=O)Cc2ccccc2Br)CCCCC1. The van der Waals surface area contributed by atoms with E-state index in [0.29, 0.717) is 6.42 Å². The molecule has 1 fully saturated rings. The summed E-state index contributed by atoms with van der Waals surface area (Å²) in [4.78, 5) is 12.3. The predicted octanol–water partition coefficient (Wildman–Crippen LogP) is 3.22. The quantitative estimate of drug-likeness (QED) is 0.930. The van der Waals surface area contributed by atoms with E-state index in [9.17, 15) is 4.79 Å². The summed E-state index contributed by atoms with van der Waals surface area (Å²) in [6.07, 6.45) is 5.50. The molecule has 0 aliphatic heterocycles. The van der Waals surface area contributed by atoms with Gasteiger partial charge in [-0.3, -0.25) is 4.79 Å². The Morgan fingerprint density at radius 1 is 1.24 bits per heavy atom. The lowest BCUT2D eigenvalue weighted by Crippen LogP contribution is -2.50. The summed E-state index contributed by atoms with van der Waals surface area (Å²) >= 11 is 3.47. The van der Waals surface area contributed by atoms with E-state index in [4.69, 9.17) is 5.73 Å². The second-order valence-electron chi connectivity index (χ2n) is 4.91. The maximum Gasteiger partial charge on any atom is 0.157 e. The fraction of sp³-hybridized carbons (Fsp3) is 0.500. The highest BCUT2D eigenvalue weighted by Gasteiger charge is 2.34. The van der Waals surface area contributed by atoms with E-state index >= 15 is 0 Å². The molecule has 0 amide bonds. The highest BCUT2D eigenvalue weighted by molar-refractivity contribution is 9.10. The maximum atomic E-state index is 12.3. The molecule has 1 saturated carbocycles. The van der Waals surface area contributed by atoms with E-state index in [1.807, 2.05) is 24.3 Å². The molecular weight excluding hydrogens is 278 g/mol. The van der Waals surface area contributed by atoms with Crippen molar-refractivity contribution in [2.75, 3.05) is 0 Å². The molecule has 17 heavy (non-hydrogen) atoms. The number of nitrogens with two attached hydrogens (primary N) is 1. The minimum Gasteiger partial charge on any atom is -0.319 e. The van der Waals surface area contributed by atoms with Crippen LogP contribution in [0.25, 0.3) is 0 Å². The standard InChI is InChI=1S/C14H18BrNO/c15-12-7-3-2-6-11(12)10-13(17)14(16)8-4-1-5-9-14/h2-3,6-7H,1,4-5,8-10,16H2. The van der Waals surface area contributed by atoms with Gasteiger partial charge in [-0.25, -0.2) is 0 Å². The number of carbonyl (C=O) groups is 1. The van der Waals surface area contributed by atoms with Crippen molar-refractivity contribution in [2.24, 2.45) is 5.73 Å². The van der Waals surface area contributed by atoms with Crippen LogP contribution >= 0.6 is 15.9 Å². The van der Waals surface area contributed by atoms with Crippen molar-refractivity contribution in [1.29, 1.82) is 0 Å². The number of benzene rings is 1. The third kappa shape index (κ3) is 2.96. The Kier molecular flexibility index (Phi) is 4.00. The molecule has 92 valence electrons. The van der Waals surface area contributed by atoms with Crippen molar-refractivity contribution in [1.82, 2.24) is 0 Å². The van der Waals surface area contributed by atoms with Gasteiger partial charge >= 0.3 is 0 Å². The summed E-state index contributed by atoms with van der Waals surface area (Å²) in [6, 6.07) is 7.86. The van der Waals surface area contributed by atoms with E-state index in [1.54, 1.807) is 0 Å². The topological polar surface area (TPSA) is 43.1 Å². The maximum absolute atomic E-state index is 12.3. The molecule has 2 N–H and O–H groups in total. The Balaban J connectivity index is 2.08. The Morgan fingerprint density at radius 2 is 1.88 bits per heavy atom. The monoisotopic (exact) mass is 295 g/mol. The van der Waals surface area contributed by atoms with Gasteiger partial charge in [0.1, 0.15) is 0 Å². The van der Waals surface area contributed by atoms with Crippen molar-refractivity contribution in [3.05, 3.63) is 34.3 Å². The van der Waals surface area contributed by atoms with Crippen LogP contribution in [0.5, 0.6) is 0 Å². The minimum absolute atomic E-state index is 0.184. The Morgan fingerprint density at radius 3 is 2.53 bits per heavy atom. The summed E-state index contributed by atoms with van der Waals surface area (Å²) in [5, 5.41) is 0. The van der Waals surface area contributed by atoms with Gasteiger partial charge in [-0.1, -0.05) is 53.4 Å². The smallest absolute Gasteiger partial charge is 0.157 e. The molecule has 2 nitrogen and oxygen atoms in total. The van der Waals surface area contributed by atoms with E-state index < -0.39 is 5.54 Å². The fourth-order valence-electron chi connectivity index (χ4n) is 2.45. The Labute approximate surface area is 111 Å². The van der Waals surface area contributed by atoms with Gasteiger partial charge in [0.05, 0.1) is 5.54 Å². The van der Waals surface area contributed by atoms with Crippen LogP contribution in [0.1, 0.15) is 37.7 Å². The normalized spacial score (nSPS) is 18.9. The van der Waals surface area contributed by atoms with E-state index in [1.165, 1.54) is 6.42 Å². The van der Waals surface area contributed by atoms with E-state index in [-0.39, 0.29) is 5.78 Å². The first kappa shape index (κ1) is 12.8. The van der Waals surface area contributed by atoms with Crippen molar-refractivity contribution >= 4 is 21.7 Å². The van der Waals surface area contributed by atoms with Crippen LogP contribution in [0.4, 0.5) is 0 Å². The van der Waals surface area contributed by atoms with Crippen LogP contribution in [0.15, 0.2) is 28.7 Å². The molecule has 2 rings (SSSR count). The molecule has 0 heterocycles. The second kappa shape index (κ2) is 5.32. The first-order valence-corrected chi connectivity index (χ1v) is 6.97. The van der Waals surface area contributed by atoms with Crippen molar-refractivity contribution < 1.29 is 4.79 Å². The zero-order chi connectivity index (χ0) is 12.3. The average molecular weight is 296 g/mol. The predicted molar refractivity (Wildman–Crippen MR) is 72.9 cm³/mol. The molecule has 0 bridgehead atoms. The summed E-state index contributed by atoms with van der Waals surface area (Å²) in [5.74, 6) is 0.184.